The van der Waals surface area contributed by atoms with Gasteiger partial charge in [0.15, 0.2) is 0 Å². The molecule has 0 saturated carbocycles. The molecule has 5 nitrogen and oxygen atoms in total. The number of aromatic carboxylic acids is 1. The lowest BCUT2D eigenvalue weighted by molar-refractivity contribution is 0.0661. The number of methoxy groups -OCH3 is 1. The maximum Gasteiger partial charge on any atom is 0.372 e. The standard InChI is InChI=1S/C22H30O5/c1-3-4-5-6-7-8-9-10-11-13-16-20(23)19-17(26-2)14-12-15-18(19)27-21(16)22(24)25/h12,14-15H,3-11,13H2,1-2H3,(H,24,25). The van der Waals surface area contributed by atoms with E-state index in [2.05, 4.69) is 6.92 Å². The van der Waals surface area contributed by atoms with Gasteiger partial charge in [0.1, 0.15) is 16.7 Å². The molecule has 5 heteroatoms. The molecule has 2 rings (SSSR count). The highest BCUT2D eigenvalue weighted by Gasteiger charge is 2.21. The van der Waals surface area contributed by atoms with E-state index in [4.69, 9.17) is 9.15 Å². The number of unbranched alkanes of at least 4 members (excludes halogenated alkanes) is 8. The highest BCUT2D eigenvalue weighted by Crippen LogP contribution is 2.25. The van der Waals surface area contributed by atoms with Crippen LogP contribution in [0.3, 0.4) is 0 Å². The maximum atomic E-state index is 12.9. The second kappa shape index (κ2) is 10.8. The number of carboxylic acid groups (broad SMARTS) is 1. The highest BCUT2D eigenvalue weighted by molar-refractivity contribution is 5.91. The summed E-state index contributed by atoms with van der Waals surface area (Å²) >= 11 is 0. The zero-order chi connectivity index (χ0) is 19.6. The van der Waals surface area contributed by atoms with E-state index in [1.54, 1.807) is 18.2 Å². The van der Waals surface area contributed by atoms with E-state index in [0.717, 1.165) is 19.3 Å². The summed E-state index contributed by atoms with van der Waals surface area (Å²) in [5, 5.41) is 9.77. The minimum atomic E-state index is -1.21. The number of hydrogen-bond donors (Lipinski definition) is 1. The van der Waals surface area contributed by atoms with Gasteiger partial charge in [0, 0.05) is 0 Å². The molecule has 148 valence electrons. The molecule has 0 bridgehead atoms. The highest BCUT2D eigenvalue weighted by atomic mass is 16.5. The zero-order valence-electron chi connectivity index (χ0n) is 16.4. The first-order chi connectivity index (χ1) is 13.1. The fraction of sp³-hybridized carbons (Fsp3) is 0.545. The van der Waals surface area contributed by atoms with Crippen LogP contribution in [-0.4, -0.2) is 18.2 Å². The van der Waals surface area contributed by atoms with Gasteiger partial charge in [0.2, 0.25) is 11.2 Å². The summed E-state index contributed by atoms with van der Waals surface area (Å²) in [7, 11) is 1.49. The van der Waals surface area contributed by atoms with Crippen molar-refractivity contribution >= 4 is 16.9 Å². The zero-order valence-corrected chi connectivity index (χ0v) is 16.4. The molecule has 1 heterocycles. The Bertz CT molecular complexity index is 806. The van der Waals surface area contributed by atoms with Gasteiger partial charge in [-0.2, -0.15) is 0 Å². The Morgan fingerprint density at radius 1 is 1.04 bits per heavy atom. The summed E-state index contributed by atoms with van der Waals surface area (Å²) < 4.78 is 10.8. The van der Waals surface area contributed by atoms with Crippen LogP contribution in [0, 0.1) is 0 Å². The van der Waals surface area contributed by atoms with E-state index in [1.807, 2.05) is 0 Å². The minimum Gasteiger partial charge on any atom is -0.496 e. The average Bonchev–Trinajstić information content (AvgIpc) is 2.67. The Labute approximate surface area is 160 Å². The Kier molecular flexibility index (Phi) is 8.37. The van der Waals surface area contributed by atoms with E-state index in [0.29, 0.717) is 17.6 Å². The lowest BCUT2D eigenvalue weighted by atomic mass is 10.0. The summed E-state index contributed by atoms with van der Waals surface area (Å²) in [6, 6.07) is 4.95. The van der Waals surface area contributed by atoms with Crippen molar-refractivity contribution in [3.05, 3.63) is 39.7 Å². The first-order valence-corrected chi connectivity index (χ1v) is 9.96. The van der Waals surface area contributed by atoms with Crippen molar-refractivity contribution in [1.82, 2.24) is 0 Å². The summed E-state index contributed by atoms with van der Waals surface area (Å²) in [5.41, 5.74) is 0.181. The van der Waals surface area contributed by atoms with Crippen LogP contribution in [0.5, 0.6) is 5.75 Å². The van der Waals surface area contributed by atoms with Gasteiger partial charge in [-0.25, -0.2) is 4.79 Å². The molecule has 0 aliphatic carbocycles. The number of ether oxygens (including phenoxy) is 1. The Morgan fingerprint density at radius 2 is 1.67 bits per heavy atom. The van der Waals surface area contributed by atoms with Gasteiger partial charge in [0.25, 0.3) is 0 Å². The quantitative estimate of drug-likeness (QED) is 0.491. The minimum absolute atomic E-state index is 0.238. The number of benzene rings is 1. The molecule has 0 spiro atoms. The Balaban J connectivity index is 2.04. The fourth-order valence-electron chi connectivity index (χ4n) is 3.43. The summed E-state index contributed by atoms with van der Waals surface area (Å²) in [4.78, 5) is 24.5. The number of carbonyl (C=O) groups is 1. The van der Waals surface area contributed by atoms with Crippen molar-refractivity contribution in [2.24, 2.45) is 0 Å². The summed E-state index contributed by atoms with van der Waals surface area (Å²) in [6.07, 6.45) is 10.9. The molecule has 0 radical (unpaired) electrons. The molecular formula is C22H30O5. The largest absolute Gasteiger partial charge is 0.496 e. The van der Waals surface area contributed by atoms with Gasteiger partial charge < -0.3 is 14.3 Å². The fourth-order valence-corrected chi connectivity index (χ4v) is 3.43. The van der Waals surface area contributed by atoms with Gasteiger partial charge >= 0.3 is 5.97 Å². The normalized spacial score (nSPS) is 11.0. The van der Waals surface area contributed by atoms with Crippen molar-refractivity contribution in [1.29, 1.82) is 0 Å². The Hall–Kier alpha value is -2.30. The first-order valence-electron chi connectivity index (χ1n) is 9.96. The van der Waals surface area contributed by atoms with Crippen molar-refractivity contribution < 1.29 is 19.1 Å². The molecule has 1 N–H and O–H groups in total. The second-order valence-electron chi connectivity index (χ2n) is 6.96. The van der Waals surface area contributed by atoms with Crippen LogP contribution in [0.15, 0.2) is 27.4 Å². The summed E-state index contributed by atoms with van der Waals surface area (Å²) in [6.45, 7) is 2.21. The van der Waals surface area contributed by atoms with E-state index < -0.39 is 5.97 Å². The molecule has 1 aromatic heterocycles. The SMILES string of the molecule is CCCCCCCCCCCc1c(C(=O)O)oc2cccc(OC)c2c1=O. The van der Waals surface area contributed by atoms with Crippen LogP contribution < -0.4 is 10.2 Å². The predicted octanol–water partition coefficient (Wildman–Crippen LogP) is 5.57. The van der Waals surface area contributed by atoms with Crippen LogP contribution in [0.1, 0.15) is 80.8 Å². The van der Waals surface area contributed by atoms with Gasteiger partial charge in [-0.1, -0.05) is 64.4 Å². The van der Waals surface area contributed by atoms with Crippen molar-refractivity contribution in [3.63, 3.8) is 0 Å². The van der Waals surface area contributed by atoms with Crippen LogP contribution in [-0.2, 0) is 6.42 Å². The lowest BCUT2D eigenvalue weighted by Gasteiger charge is -2.09. The third-order valence-corrected chi connectivity index (χ3v) is 4.92. The van der Waals surface area contributed by atoms with Gasteiger partial charge in [-0.15, -0.1) is 0 Å². The molecule has 27 heavy (non-hydrogen) atoms. The molecule has 0 aliphatic heterocycles. The van der Waals surface area contributed by atoms with E-state index >= 15 is 0 Å². The predicted molar refractivity (Wildman–Crippen MR) is 107 cm³/mol. The molecule has 0 fully saturated rings. The number of carboxylic acids is 1. The lowest BCUT2D eigenvalue weighted by Crippen LogP contribution is -2.16. The Morgan fingerprint density at radius 3 is 2.26 bits per heavy atom. The van der Waals surface area contributed by atoms with Crippen LogP contribution in [0.2, 0.25) is 0 Å². The molecule has 0 saturated heterocycles. The monoisotopic (exact) mass is 374 g/mol. The maximum absolute atomic E-state index is 12.9. The third-order valence-electron chi connectivity index (χ3n) is 4.92. The molecule has 0 atom stereocenters. The number of fused-ring (bicyclic) bond motifs is 1. The number of rotatable bonds is 12. The number of hydrogen-bond acceptors (Lipinski definition) is 4. The molecule has 2 aromatic rings. The van der Waals surface area contributed by atoms with Crippen LogP contribution >= 0.6 is 0 Å². The topological polar surface area (TPSA) is 76.7 Å². The smallest absolute Gasteiger partial charge is 0.372 e. The second-order valence-corrected chi connectivity index (χ2v) is 6.96. The average molecular weight is 374 g/mol. The van der Waals surface area contributed by atoms with Crippen molar-refractivity contribution in [2.75, 3.05) is 7.11 Å². The molecule has 1 aromatic carbocycles. The molecule has 0 aliphatic rings. The first kappa shape index (κ1) is 21.0. The van der Waals surface area contributed by atoms with E-state index in [9.17, 15) is 14.7 Å². The third kappa shape index (κ3) is 5.59. The molecule has 0 unspecified atom stereocenters. The van der Waals surface area contributed by atoms with Crippen molar-refractivity contribution in [3.8, 4) is 5.75 Å². The van der Waals surface area contributed by atoms with Gasteiger partial charge in [-0.3, -0.25) is 4.79 Å². The molecule has 0 amide bonds. The van der Waals surface area contributed by atoms with Crippen LogP contribution in [0.4, 0.5) is 0 Å². The van der Waals surface area contributed by atoms with Gasteiger partial charge in [-0.05, 0) is 25.0 Å². The van der Waals surface area contributed by atoms with E-state index in [-0.39, 0.29) is 22.3 Å². The van der Waals surface area contributed by atoms with Gasteiger partial charge in [0.05, 0.1) is 12.7 Å². The van der Waals surface area contributed by atoms with Crippen LogP contribution in [0.25, 0.3) is 11.0 Å². The molecular weight excluding hydrogens is 344 g/mol. The van der Waals surface area contributed by atoms with E-state index in [1.165, 1.54) is 45.6 Å². The van der Waals surface area contributed by atoms with Crippen molar-refractivity contribution in [2.45, 2.75) is 71.1 Å². The summed E-state index contributed by atoms with van der Waals surface area (Å²) in [5.74, 6) is -1.05.